The Balaban J connectivity index is 1.86. The predicted octanol–water partition coefficient (Wildman–Crippen LogP) is 0.769. The summed E-state index contributed by atoms with van der Waals surface area (Å²) in [5, 5.41) is 7.84. The smallest absolute Gasteiger partial charge is 0.0481 e. The summed E-state index contributed by atoms with van der Waals surface area (Å²) in [6, 6.07) is 0.496. The SMILES string of the molecule is CCCCOCCC1CNCC[N]1. The van der Waals surface area contributed by atoms with Crippen molar-refractivity contribution in [2.45, 2.75) is 32.2 Å². The van der Waals surface area contributed by atoms with E-state index in [1.807, 2.05) is 0 Å². The molecule has 0 spiro atoms. The average molecular weight is 185 g/mol. The maximum atomic E-state index is 5.49. The van der Waals surface area contributed by atoms with Crippen LogP contribution in [0, 0.1) is 0 Å². The lowest BCUT2D eigenvalue weighted by atomic mass is 10.2. The highest BCUT2D eigenvalue weighted by Gasteiger charge is 2.12. The van der Waals surface area contributed by atoms with Crippen molar-refractivity contribution < 1.29 is 4.74 Å². The second-order valence-corrected chi connectivity index (χ2v) is 3.52. The summed E-state index contributed by atoms with van der Waals surface area (Å²) < 4.78 is 5.49. The number of hydrogen-bond acceptors (Lipinski definition) is 2. The number of nitrogens with one attached hydrogen (secondary N) is 1. The molecule has 3 heteroatoms. The molecule has 0 amide bonds. The highest BCUT2D eigenvalue weighted by atomic mass is 16.5. The largest absolute Gasteiger partial charge is 0.381 e. The summed E-state index contributed by atoms with van der Waals surface area (Å²) in [4.78, 5) is 0. The molecular weight excluding hydrogens is 164 g/mol. The van der Waals surface area contributed by atoms with Gasteiger partial charge >= 0.3 is 0 Å². The Hall–Kier alpha value is -0.120. The van der Waals surface area contributed by atoms with E-state index < -0.39 is 0 Å². The summed E-state index contributed by atoms with van der Waals surface area (Å²) in [6.45, 7) is 7.03. The van der Waals surface area contributed by atoms with E-state index in [-0.39, 0.29) is 0 Å². The zero-order chi connectivity index (χ0) is 9.36. The molecule has 1 aliphatic rings. The number of rotatable bonds is 6. The molecule has 1 aliphatic heterocycles. The van der Waals surface area contributed by atoms with Gasteiger partial charge < -0.3 is 10.1 Å². The van der Waals surface area contributed by atoms with Crippen LogP contribution in [0.1, 0.15) is 26.2 Å². The second kappa shape index (κ2) is 7.30. The minimum absolute atomic E-state index is 0.496. The standard InChI is InChI=1S/C10H21N2O/c1-2-3-7-13-8-4-10-9-11-5-6-12-10/h10-11H,2-9H2,1H3. The number of piperazine rings is 1. The van der Waals surface area contributed by atoms with E-state index in [4.69, 9.17) is 4.74 Å². The van der Waals surface area contributed by atoms with E-state index in [1.54, 1.807) is 0 Å². The van der Waals surface area contributed by atoms with Crippen molar-refractivity contribution in [2.24, 2.45) is 0 Å². The van der Waals surface area contributed by atoms with Crippen LogP contribution < -0.4 is 10.6 Å². The Morgan fingerprint density at radius 1 is 1.46 bits per heavy atom. The Morgan fingerprint density at radius 3 is 3.08 bits per heavy atom. The third kappa shape index (κ3) is 5.24. The van der Waals surface area contributed by atoms with Gasteiger partial charge in [0.1, 0.15) is 0 Å². The molecule has 1 saturated heterocycles. The van der Waals surface area contributed by atoms with Crippen molar-refractivity contribution in [3.63, 3.8) is 0 Å². The minimum Gasteiger partial charge on any atom is -0.381 e. The van der Waals surface area contributed by atoms with E-state index in [9.17, 15) is 0 Å². The van der Waals surface area contributed by atoms with Gasteiger partial charge in [-0.3, -0.25) is 0 Å². The molecule has 1 atom stereocenters. The van der Waals surface area contributed by atoms with Gasteiger partial charge in [0.2, 0.25) is 0 Å². The molecule has 0 aromatic rings. The molecule has 0 aromatic heterocycles. The fraction of sp³-hybridized carbons (Fsp3) is 1.00. The normalized spacial score (nSPS) is 23.3. The van der Waals surface area contributed by atoms with Crippen molar-refractivity contribution in [1.29, 1.82) is 0 Å². The molecule has 1 fully saturated rings. The molecule has 77 valence electrons. The maximum Gasteiger partial charge on any atom is 0.0481 e. The molecule has 3 nitrogen and oxygen atoms in total. The summed E-state index contributed by atoms with van der Waals surface area (Å²) in [7, 11) is 0. The molecule has 0 aromatic carbocycles. The van der Waals surface area contributed by atoms with Crippen LogP contribution in [-0.4, -0.2) is 38.9 Å². The van der Waals surface area contributed by atoms with Gasteiger partial charge in [0, 0.05) is 38.9 Å². The van der Waals surface area contributed by atoms with E-state index in [0.717, 1.165) is 39.3 Å². The third-order valence-corrected chi connectivity index (χ3v) is 2.29. The zero-order valence-corrected chi connectivity index (χ0v) is 8.59. The topological polar surface area (TPSA) is 35.4 Å². The van der Waals surface area contributed by atoms with Gasteiger partial charge in [-0.25, -0.2) is 5.32 Å². The Labute approximate surface area is 81.2 Å². The van der Waals surface area contributed by atoms with Gasteiger partial charge in [-0.2, -0.15) is 0 Å². The van der Waals surface area contributed by atoms with E-state index in [0.29, 0.717) is 6.04 Å². The highest BCUT2D eigenvalue weighted by molar-refractivity contribution is 4.74. The van der Waals surface area contributed by atoms with Crippen LogP contribution in [0.5, 0.6) is 0 Å². The summed E-state index contributed by atoms with van der Waals surface area (Å²) in [6.07, 6.45) is 3.48. The third-order valence-electron chi connectivity index (χ3n) is 2.29. The summed E-state index contributed by atoms with van der Waals surface area (Å²) >= 11 is 0. The number of ether oxygens (including phenoxy) is 1. The van der Waals surface area contributed by atoms with Crippen LogP contribution in [0.2, 0.25) is 0 Å². The number of unbranched alkanes of at least 4 members (excludes halogenated alkanes) is 1. The molecule has 1 radical (unpaired) electrons. The van der Waals surface area contributed by atoms with Crippen LogP contribution in [-0.2, 0) is 4.74 Å². The molecule has 0 bridgehead atoms. The van der Waals surface area contributed by atoms with E-state index in [1.165, 1.54) is 12.8 Å². The van der Waals surface area contributed by atoms with Crippen LogP contribution in [0.25, 0.3) is 0 Å². The van der Waals surface area contributed by atoms with E-state index >= 15 is 0 Å². The van der Waals surface area contributed by atoms with Crippen LogP contribution in [0.15, 0.2) is 0 Å². The Morgan fingerprint density at radius 2 is 2.38 bits per heavy atom. The maximum absolute atomic E-state index is 5.49. The van der Waals surface area contributed by atoms with Gasteiger partial charge in [-0.1, -0.05) is 13.3 Å². The van der Waals surface area contributed by atoms with Crippen molar-refractivity contribution in [3.8, 4) is 0 Å². The molecule has 0 aliphatic carbocycles. The first-order chi connectivity index (χ1) is 6.43. The summed E-state index contributed by atoms with van der Waals surface area (Å²) in [5.74, 6) is 0. The fourth-order valence-corrected chi connectivity index (χ4v) is 1.42. The predicted molar refractivity (Wildman–Crippen MR) is 54.0 cm³/mol. The van der Waals surface area contributed by atoms with Gasteiger partial charge in [0.05, 0.1) is 0 Å². The van der Waals surface area contributed by atoms with Crippen molar-refractivity contribution >= 4 is 0 Å². The van der Waals surface area contributed by atoms with Crippen LogP contribution in [0.4, 0.5) is 0 Å². The average Bonchev–Trinajstić information content (AvgIpc) is 2.19. The van der Waals surface area contributed by atoms with Gasteiger partial charge in [0.25, 0.3) is 0 Å². The van der Waals surface area contributed by atoms with Crippen molar-refractivity contribution in [2.75, 3.05) is 32.8 Å². The molecule has 1 unspecified atom stereocenters. The van der Waals surface area contributed by atoms with Crippen LogP contribution >= 0.6 is 0 Å². The second-order valence-electron chi connectivity index (χ2n) is 3.52. The summed E-state index contributed by atoms with van der Waals surface area (Å²) in [5.41, 5.74) is 0. The highest BCUT2D eigenvalue weighted by Crippen LogP contribution is 1.97. The van der Waals surface area contributed by atoms with E-state index in [2.05, 4.69) is 17.6 Å². The molecule has 0 saturated carbocycles. The number of nitrogens with zero attached hydrogens (tertiary/aromatic N) is 1. The van der Waals surface area contributed by atoms with Gasteiger partial charge in [-0.05, 0) is 12.8 Å². The molecule has 1 heterocycles. The van der Waals surface area contributed by atoms with Gasteiger partial charge in [-0.15, -0.1) is 0 Å². The lowest BCUT2D eigenvalue weighted by Gasteiger charge is -2.22. The fourth-order valence-electron chi connectivity index (χ4n) is 1.42. The van der Waals surface area contributed by atoms with Crippen LogP contribution in [0.3, 0.4) is 0 Å². The first-order valence-electron chi connectivity index (χ1n) is 5.38. The first-order valence-corrected chi connectivity index (χ1v) is 5.38. The Bertz CT molecular complexity index is 113. The molecule has 13 heavy (non-hydrogen) atoms. The quantitative estimate of drug-likeness (QED) is 0.620. The lowest BCUT2D eigenvalue weighted by molar-refractivity contribution is 0.119. The minimum atomic E-state index is 0.496. The Kier molecular flexibility index (Phi) is 6.15. The molecule has 1 rings (SSSR count). The van der Waals surface area contributed by atoms with Crippen molar-refractivity contribution in [3.05, 3.63) is 0 Å². The molecular formula is C10H21N2O. The lowest BCUT2D eigenvalue weighted by Crippen LogP contribution is -2.44. The molecule has 1 N–H and O–H groups in total. The zero-order valence-electron chi connectivity index (χ0n) is 8.59. The number of hydrogen-bond donors (Lipinski definition) is 1. The van der Waals surface area contributed by atoms with Crippen molar-refractivity contribution in [1.82, 2.24) is 10.6 Å². The van der Waals surface area contributed by atoms with Gasteiger partial charge in [0.15, 0.2) is 0 Å². The first kappa shape index (κ1) is 11.0. The monoisotopic (exact) mass is 185 g/mol.